The van der Waals surface area contributed by atoms with Crippen molar-refractivity contribution in [2.24, 2.45) is 0 Å². The van der Waals surface area contributed by atoms with Gasteiger partial charge in [0, 0.05) is 12.5 Å². The van der Waals surface area contributed by atoms with Crippen LogP contribution in [-0.4, -0.2) is 18.2 Å². The van der Waals surface area contributed by atoms with Gasteiger partial charge in [-0.2, -0.15) is 0 Å². The summed E-state index contributed by atoms with van der Waals surface area (Å²) in [5, 5.41) is 9.56. The molecule has 0 bridgehead atoms. The molecule has 0 fully saturated rings. The number of para-hydroxylation sites is 1. The summed E-state index contributed by atoms with van der Waals surface area (Å²) in [6, 6.07) is 17.2. The number of hydrogen-bond acceptors (Lipinski definition) is 3. The molecule has 0 aromatic heterocycles. The van der Waals surface area contributed by atoms with E-state index in [9.17, 15) is 9.90 Å². The topological polar surface area (TPSA) is 46.5 Å². The molecule has 0 unspecified atom stereocenters. The van der Waals surface area contributed by atoms with Crippen LogP contribution >= 0.6 is 0 Å². The summed E-state index contributed by atoms with van der Waals surface area (Å²) in [7, 11) is 1.35. The van der Waals surface area contributed by atoms with Gasteiger partial charge < -0.3 is 9.84 Å². The molecule has 0 aliphatic carbocycles. The Balaban J connectivity index is 0.000000280. The Morgan fingerprint density at radius 1 is 1.00 bits per heavy atom. The first-order valence-electron chi connectivity index (χ1n) is 5.53. The molecule has 0 heterocycles. The average molecular weight is 244 g/mol. The zero-order valence-corrected chi connectivity index (χ0v) is 10.5. The highest BCUT2D eigenvalue weighted by atomic mass is 16.5. The van der Waals surface area contributed by atoms with Crippen LogP contribution in [0.15, 0.2) is 54.6 Å². The molecule has 0 radical (unpaired) electrons. The molecule has 0 aliphatic heterocycles. The molecule has 0 aliphatic rings. The smallest absolute Gasteiger partial charge is 0.302 e. The van der Waals surface area contributed by atoms with Crippen LogP contribution in [0.2, 0.25) is 0 Å². The van der Waals surface area contributed by atoms with Crippen LogP contribution in [-0.2, 0) is 9.53 Å². The second kappa shape index (κ2) is 7.12. The van der Waals surface area contributed by atoms with Crippen molar-refractivity contribution >= 4 is 5.97 Å². The number of hydrogen-bond donors (Lipinski definition) is 1. The number of aromatic hydroxyl groups is 1. The van der Waals surface area contributed by atoms with Crippen LogP contribution in [0.25, 0.3) is 11.1 Å². The molecule has 0 saturated carbocycles. The van der Waals surface area contributed by atoms with Crippen molar-refractivity contribution in [3.05, 3.63) is 54.6 Å². The van der Waals surface area contributed by atoms with E-state index in [4.69, 9.17) is 0 Å². The van der Waals surface area contributed by atoms with Crippen molar-refractivity contribution in [2.45, 2.75) is 6.92 Å². The fourth-order valence-corrected chi connectivity index (χ4v) is 1.34. The van der Waals surface area contributed by atoms with Gasteiger partial charge in [-0.3, -0.25) is 4.79 Å². The Hall–Kier alpha value is -2.29. The summed E-state index contributed by atoms with van der Waals surface area (Å²) >= 11 is 0. The van der Waals surface area contributed by atoms with Crippen LogP contribution < -0.4 is 0 Å². The van der Waals surface area contributed by atoms with Gasteiger partial charge in [-0.05, 0) is 11.6 Å². The standard InChI is InChI=1S/C12H10O.C3H6O2/c13-12-9-5-4-8-11(12)10-6-2-1-3-7-10;1-3(4)5-2/h1-9,13H;1-2H3. The number of phenolic OH excluding ortho intramolecular Hbond substituents is 1. The second-order valence-corrected chi connectivity index (χ2v) is 3.58. The zero-order chi connectivity index (χ0) is 13.4. The molecule has 2 rings (SSSR count). The third kappa shape index (κ3) is 4.29. The van der Waals surface area contributed by atoms with Gasteiger partial charge in [0.25, 0.3) is 0 Å². The summed E-state index contributed by atoms with van der Waals surface area (Å²) in [6.45, 7) is 1.36. The van der Waals surface area contributed by atoms with Crippen LogP contribution in [0.3, 0.4) is 0 Å². The summed E-state index contributed by atoms with van der Waals surface area (Å²) in [5.74, 6) is 0.0821. The lowest BCUT2D eigenvalue weighted by Crippen LogP contribution is -1.88. The molecule has 3 heteroatoms. The second-order valence-electron chi connectivity index (χ2n) is 3.58. The van der Waals surface area contributed by atoms with Gasteiger partial charge >= 0.3 is 5.97 Å². The molecule has 0 atom stereocenters. The van der Waals surface area contributed by atoms with Crippen molar-refractivity contribution in [2.75, 3.05) is 7.11 Å². The van der Waals surface area contributed by atoms with Gasteiger partial charge in [-0.15, -0.1) is 0 Å². The maximum Gasteiger partial charge on any atom is 0.302 e. The number of methoxy groups -OCH3 is 1. The number of rotatable bonds is 1. The van der Waals surface area contributed by atoms with Crippen molar-refractivity contribution in [1.82, 2.24) is 0 Å². The molecule has 0 saturated heterocycles. The lowest BCUT2D eigenvalue weighted by atomic mass is 10.1. The largest absolute Gasteiger partial charge is 0.507 e. The number of phenols is 1. The number of benzene rings is 2. The summed E-state index contributed by atoms with van der Waals surface area (Å²) in [4.78, 5) is 9.59. The van der Waals surface area contributed by atoms with E-state index in [1.54, 1.807) is 6.07 Å². The predicted molar refractivity (Wildman–Crippen MR) is 71.2 cm³/mol. The molecule has 3 nitrogen and oxygen atoms in total. The Labute approximate surface area is 107 Å². The molecule has 2 aromatic carbocycles. The Morgan fingerprint density at radius 3 is 2.00 bits per heavy atom. The Kier molecular flexibility index (Phi) is 5.45. The third-order valence-electron chi connectivity index (χ3n) is 2.28. The molecule has 18 heavy (non-hydrogen) atoms. The van der Waals surface area contributed by atoms with E-state index in [1.165, 1.54) is 14.0 Å². The molecule has 2 aromatic rings. The maximum absolute atomic E-state index is 9.59. The van der Waals surface area contributed by atoms with Crippen LogP contribution in [0.4, 0.5) is 0 Å². The molecule has 1 N–H and O–H groups in total. The van der Waals surface area contributed by atoms with E-state index in [1.807, 2.05) is 48.5 Å². The molecule has 0 amide bonds. The zero-order valence-electron chi connectivity index (χ0n) is 10.5. The summed E-state index contributed by atoms with van der Waals surface area (Å²) < 4.78 is 4.11. The van der Waals surface area contributed by atoms with Crippen LogP contribution in [0.1, 0.15) is 6.92 Å². The molecule has 94 valence electrons. The van der Waals surface area contributed by atoms with Crippen molar-refractivity contribution < 1.29 is 14.6 Å². The number of carbonyl (C=O) groups excluding carboxylic acids is 1. The predicted octanol–water partition coefficient (Wildman–Crippen LogP) is 3.24. The fraction of sp³-hybridized carbons (Fsp3) is 0.133. The van der Waals surface area contributed by atoms with Gasteiger partial charge in [0.05, 0.1) is 7.11 Å². The highest BCUT2D eigenvalue weighted by molar-refractivity contribution is 5.69. The normalized spacial score (nSPS) is 9.00. The minimum atomic E-state index is -0.245. The van der Waals surface area contributed by atoms with Crippen molar-refractivity contribution in [3.63, 3.8) is 0 Å². The van der Waals surface area contributed by atoms with Gasteiger partial charge in [-0.1, -0.05) is 48.5 Å². The van der Waals surface area contributed by atoms with E-state index in [-0.39, 0.29) is 5.97 Å². The highest BCUT2D eigenvalue weighted by Crippen LogP contribution is 2.27. The molecular formula is C15H16O3. The van der Waals surface area contributed by atoms with Gasteiger partial charge in [0.15, 0.2) is 0 Å². The summed E-state index contributed by atoms with van der Waals surface area (Å²) in [5.41, 5.74) is 1.92. The minimum absolute atomic E-state index is 0.245. The fourth-order valence-electron chi connectivity index (χ4n) is 1.34. The molecule has 0 spiro atoms. The van der Waals surface area contributed by atoms with E-state index in [0.29, 0.717) is 5.75 Å². The quantitative estimate of drug-likeness (QED) is 0.783. The van der Waals surface area contributed by atoms with E-state index in [0.717, 1.165) is 11.1 Å². The lowest BCUT2D eigenvalue weighted by molar-refractivity contribution is -0.137. The first-order chi connectivity index (χ1) is 8.65. The first kappa shape index (κ1) is 13.8. The first-order valence-corrected chi connectivity index (χ1v) is 5.53. The highest BCUT2D eigenvalue weighted by Gasteiger charge is 2.00. The maximum atomic E-state index is 9.59. The number of ether oxygens (including phenoxy) is 1. The third-order valence-corrected chi connectivity index (χ3v) is 2.28. The number of carbonyl (C=O) groups is 1. The van der Waals surface area contributed by atoms with E-state index < -0.39 is 0 Å². The Bertz CT molecular complexity index is 492. The summed E-state index contributed by atoms with van der Waals surface area (Å²) in [6.07, 6.45) is 0. The Morgan fingerprint density at radius 2 is 1.50 bits per heavy atom. The van der Waals surface area contributed by atoms with Crippen LogP contribution in [0, 0.1) is 0 Å². The average Bonchev–Trinajstić information content (AvgIpc) is 2.41. The van der Waals surface area contributed by atoms with Crippen molar-refractivity contribution in [3.8, 4) is 16.9 Å². The number of esters is 1. The van der Waals surface area contributed by atoms with Crippen LogP contribution in [0.5, 0.6) is 5.75 Å². The monoisotopic (exact) mass is 244 g/mol. The van der Waals surface area contributed by atoms with Gasteiger partial charge in [-0.25, -0.2) is 0 Å². The minimum Gasteiger partial charge on any atom is -0.507 e. The van der Waals surface area contributed by atoms with E-state index >= 15 is 0 Å². The SMILES string of the molecule is COC(C)=O.Oc1ccccc1-c1ccccc1. The van der Waals surface area contributed by atoms with E-state index in [2.05, 4.69) is 4.74 Å². The van der Waals surface area contributed by atoms with Gasteiger partial charge in [0.2, 0.25) is 0 Å². The molecular weight excluding hydrogens is 228 g/mol. The van der Waals surface area contributed by atoms with Gasteiger partial charge in [0.1, 0.15) is 5.75 Å². The van der Waals surface area contributed by atoms with Crippen molar-refractivity contribution in [1.29, 1.82) is 0 Å². The lowest BCUT2D eigenvalue weighted by Gasteiger charge is -2.02.